The van der Waals surface area contributed by atoms with Gasteiger partial charge in [-0.3, -0.25) is 10.1 Å². The summed E-state index contributed by atoms with van der Waals surface area (Å²) in [4.78, 5) is 14.1. The Morgan fingerprint density at radius 2 is 2.17 bits per heavy atom. The van der Waals surface area contributed by atoms with Crippen molar-refractivity contribution in [3.8, 4) is 0 Å². The van der Waals surface area contributed by atoms with Gasteiger partial charge in [0.2, 0.25) is 0 Å². The van der Waals surface area contributed by atoms with Crippen molar-refractivity contribution in [2.75, 3.05) is 11.9 Å². The maximum absolute atomic E-state index is 10.6. The number of nitrogens with zero attached hydrogens (tertiary/aromatic N) is 2. The molecule has 0 saturated heterocycles. The van der Waals surface area contributed by atoms with E-state index in [-0.39, 0.29) is 11.2 Å². The normalized spacial score (nSPS) is 11.3. The lowest BCUT2D eigenvalue weighted by molar-refractivity contribution is -0.385. The fourth-order valence-corrected chi connectivity index (χ4v) is 1.89. The topological polar surface area (TPSA) is 94.1 Å². The summed E-state index contributed by atoms with van der Waals surface area (Å²) in [5, 5.41) is 13.7. The van der Waals surface area contributed by atoms with Crippen molar-refractivity contribution >= 4 is 27.4 Å². The number of pyridine rings is 1. The first-order valence-corrected chi connectivity index (χ1v) is 6.54. The monoisotopic (exact) mass is 316 g/mol. The molecule has 1 heterocycles. The third-order valence-electron chi connectivity index (χ3n) is 3.05. The van der Waals surface area contributed by atoms with E-state index >= 15 is 0 Å². The molecule has 0 bridgehead atoms. The van der Waals surface area contributed by atoms with Crippen LogP contribution in [0.5, 0.6) is 0 Å². The summed E-state index contributed by atoms with van der Waals surface area (Å²) in [6, 6.07) is 1.42. The molecule has 1 rings (SSSR count). The van der Waals surface area contributed by atoms with Crippen LogP contribution in [0.3, 0.4) is 0 Å². The van der Waals surface area contributed by atoms with Crippen molar-refractivity contribution < 1.29 is 4.92 Å². The molecule has 0 aliphatic heterocycles. The lowest BCUT2D eigenvalue weighted by atomic mass is 9.94. The Balaban J connectivity index is 2.77. The van der Waals surface area contributed by atoms with Crippen molar-refractivity contribution in [1.29, 1.82) is 0 Å². The molecule has 1 aromatic rings. The average Bonchev–Trinajstić information content (AvgIpc) is 2.36. The quantitative estimate of drug-likeness (QED) is 0.621. The number of anilines is 1. The number of halogens is 1. The highest BCUT2D eigenvalue weighted by atomic mass is 79.9. The van der Waals surface area contributed by atoms with Gasteiger partial charge in [0.1, 0.15) is 12.0 Å². The zero-order chi connectivity index (χ0) is 13.8. The molecule has 6 nitrogen and oxygen atoms in total. The van der Waals surface area contributed by atoms with E-state index in [4.69, 9.17) is 5.73 Å². The lowest BCUT2D eigenvalue weighted by Crippen LogP contribution is -2.45. The van der Waals surface area contributed by atoms with Crippen LogP contribution in [0.4, 0.5) is 11.5 Å². The first-order valence-electron chi connectivity index (χ1n) is 5.74. The predicted octanol–water partition coefficient (Wildman–Crippen LogP) is 2.68. The number of nitrogens with one attached hydrogen (secondary N) is 1. The number of nitrogens with two attached hydrogens (primary N) is 1. The zero-order valence-electron chi connectivity index (χ0n) is 10.4. The maximum Gasteiger partial charge on any atom is 0.288 e. The molecular formula is C11H17BrN4O2. The van der Waals surface area contributed by atoms with E-state index in [1.54, 1.807) is 0 Å². The van der Waals surface area contributed by atoms with E-state index in [2.05, 4.69) is 26.2 Å². The molecule has 0 spiro atoms. The van der Waals surface area contributed by atoms with Crippen LogP contribution in [-0.2, 0) is 0 Å². The van der Waals surface area contributed by atoms with Gasteiger partial charge in [0.05, 0.1) is 9.40 Å². The highest BCUT2D eigenvalue weighted by Crippen LogP contribution is 2.25. The first-order chi connectivity index (χ1) is 8.41. The molecule has 0 atom stereocenters. The summed E-state index contributed by atoms with van der Waals surface area (Å²) in [6.45, 7) is 4.64. The van der Waals surface area contributed by atoms with Gasteiger partial charge in [0.15, 0.2) is 0 Å². The van der Waals surface area contributed by atoms with Crippen molar-refractivity contribution in [3.05, 3.63) is 26.9 Å². The molecule has 0 aliphatic rings. The number of nitro groups is 1. The van der Waals surface area contributed by atoms with E-state index < -0.39 is 4.92 Å². The highest BCUT2D eigenvalue weighted by Gasteiger charge is 2.20. The highest BCUT2D eigenvalue weighted by molar-refractivity contribution is 9.10. The molecule has 0 saturated carbocycles. The fraction of sp³-hybridized carbons (Fsp3) is 0.545. The molecular weight excluding hydrogens is 300 g/mol. The van der Waals surface area contributed by atoms with E-state index in [0.29, 0.717) is 16.8 Å². The second kappa shape index (κ2) is 6.10. The molecule has 0 fully saturated rings. The molecule has 18 heavy (non-hydrogen) atoms. The van der Waals surface area contributed by atoms with Crippen molar-refractivity contribution in [3.63, 3.8) is 0 Å². The van der Waals surface area contributed by atoms with Gasteiger partial charge in [0.25, 0.3) is 5.69 Å². The fourth-order valence-electron chi connectivity index (χ4n) is 1.42. The molecule has 0 radical (unpaired) electrons. The van der Waals surface area contributed by atoms with E-state index in [1.807, 2.05) is 13.8 Å². The summed E-state index contributed by atoms with van der Waals surface area (Å²) in [7, 11) is 0. The van der Waals surface area contributed by atoms with Crippen LogP contribution in [0.2, 0.25) is 0 Å². The van der Waals surface area contributed by atoms with Crippen LogP contribution in [0, 0.1) is 10.1 Å². The van der Waals surface area contributed by atoms with E-state index in [0.717, 1.165) is 12.8 Å². The largest absolute Gasteiger partial charge is 0.367 e. The van der Waals surface area contributed by atoms with Crippen LogP contribution < -0.4 is 11.1 Å². The molecule has 0 aromatic carbocycles. The number of aromatic nitrogens is 1. The van der Waals surface area contributed by atoms with Crippen LogP contribution in [0.15, 0.2) is 16.7 Å². The number of hydrogen-bond acceptors (Lipinski definition) is 5. The molecule has 100 valence electrons. The van der Waals surface area contributed by atoms with E-state index in [1.165, 1.54) is 12.3 Å². The Kier molecular flexibility index (Phi) is 5.03. The maximum atomic E-state index is 10.6. The average molecular weight is 317 g/mol. The lowest BCUT2D eigenvalue weighted by Gasteiger charge is -2.27. The summed E-state index contributed by atoms with van der Waals surface area (Å²) in [5.41, 5.74) is 5.83. The van der Waals surface area contributed by atoms with Crippen LogP contribution in [-0.4, -0.2) is 22.0 Å². The minimum atomic E-state index is -0.479. The zero-order valence-corrected chi connectivity index (χ0v) is 12.0. The Hall–Kier alpha value is -1.21. The predicted molar refractivity (Wildman–Crippen MR) is 74.6 cm³/mol. The summed E-state index contributed by atoms with van der Waals surface area (Å²) in [6.07, 6.45) is 2.92. The molecule has 3 N–H and O–H groups in total. The van der Waals surface area contributed by atoms with Crippen molar-refractivity contribution in [2.24, 2.45) is 5.73 Å². The second-order valence-corrected chi connectivity index (χ2v) is 5.06. The first kappa shape index (κ1) is 14.8. The molecule has 0 unspecified atom stereocenters. The van der Waals surface area contributed by atoms with Gasteiger partial charge in [-0.15, -0.1) is 0 Å². The Morgan fingerprint density at radius 3 is 2.61 bits per heavy atom. The Bertz CT molecular complexity index is 435. The van der Waals surface area contributed by atoms with Gasteiger partial charge in [-0.1, -0.05) is 13.8 Å². The standard InChI is InChI=1S/C11H17BrN4O2/c1-3-11(13,4-2)7-15-10-9(12)5-8(6-14-10)16(17)18/h5-6H,3-4,7,13H2,1-2H3,(H,14,15). The smallest absolute Gasteiger partial charge is 0.288 e. The number of rotatable bonds is 6. The van der Waals surface area contributed by atoms with Gasteiger partial charge in [0, 0.05) is 18.2 Å². The van der Waals surface area contributed by atoms with Crippen LogP contribution in [0.25, 0.3) is 0 Å². The summed E-state index contributed by atoms with van der Waals surface area (Å²) >= 11 is 3.26. The summed E-state index contributed by atoms with van der Waals surface area (Å²) in [5.74, 6) is 0.567. The third-order valence-corrected chi connectivity index (χ3v) is 3.66. The molecule has 1 aromatic heterocycles. The van der Waals surface area contributed by atoms with Gasteiger partial charge in [-0.25, -0.2) is 4.98 Å². The second-order valence-electron chi connectivity index (χ2n) is 4.20. The van der Waals surface area contributed by atoms with Gasteiger partial charge in [-0.2, -0.15) is 0 Å². The Morgan fingerprint density at radius 1 is 1.56 bits per heavy atom. The van der Waals surface area contributed by atoms with Crippen molar-refractivity contribution in [2.45, 2.75) is 32.2 Å². The summed E-state index contributed by atoms with van der Waals surface area (Å²) < 4.78 is 0.561. The molecule has 7 heteroatoms. The minimum absolute atomic E-state index is 0.0441. The van der Waals surface area contributed by atoms with Crippen LogP contribution in [0.1, 0.15) is 26.7 Å². The van der Waals surface area contributed by atoms with Gasteiger partial charge in [-0.05, 0) is 28.8 Å². The minimum Gasteiger partial charge on any atom is -0.367 e. The van der Waals surface area contributed by atoms with Crippen molar-refractivity contribution in [1.82, 2.24) is 4.98 Å². The Labute approximate surface area is 114 Å². The third kappa shape index (κ3) is 3.64. The molecule has 0 amide bonds. The van der Waals surface area contributed by atoms with Gasteiger partial charge < -0.3 is 11.1 Å². The number of hydrogen-bond donors (Lipinski definition) is 2. The van der Waals surface area contributed by atoms with Crippen LogP contribution >= 0.6 is 15.9 Å². The molecule has 0 aliphatic carbocycles. The van der Waals surface area contributed by atoms with E-state index in [9.17, 15) is 10.1 Å². The SMILES string of the molecule is CCC(N)(CC)CNc1ncc([N+](=O)[O-])cc1Br. The van der Waals surface area contributed by atoms with Gasteiger partial charge >= 0.3 is 0 Å².